The molecule has 0 spiro atoms. The molecule has 0 saturated heterocycles. The number of benzene rings is 1. The van der Waals surface area contributed by atoms with Crippen molar-refractivity contribution in [2.45, 2.75) is 33.4 Å². The number of nitrogens with zero attached hydrogens (tertiary/aromatic N) is 2. The lowest BCUT2D eigenvalue weighted by Gasteiger charge is -2.31. The highest BCUT2D eigenvalue weighted by atomic mass is 16.7. The average molecular weight is 315 g/mol. The number of carbonyl (C=O) groups excluding carboxylic acids is 1. The second-order valence-electron chi connectivity index (χ2n) is 6.72. The van der Waals surface area contributed by atoms with Gasteiger partial charge in [-0.25, -0.2) is 4.98 Å². The molecule has 1 atom stereocenters. The van der Waals surface area contributed by atoms with E-state index in [9.17, 15) is 4.79 Å². The molecule has 0 fully saturated rings. The van der Waals surface area contributed by atoms with E-state index < -0.39 is 0 Å². The van der Waals surface area contributed by atoms with E-state index in [0.717, 1.165) is 0 Å². The summed E-state index contributed by atoms with van der Waals surface area (Å²) in [6.07, 6.45) is 5.39. The monoisotopic (exact) mass is 315 g/mol. The summed E-state index contributed by atoms with van der Waals surface area (Å²) in [6.45, 7) is 7.18. The van der Waals surface area contributed by atoms with Crippen LogP contribution in [0.15, 0.2) is 36.9 Å². The zero-order chi connectivity index (χ0) is 16.4. The molecule has 0 saturated carbocycles. The van der Waals surface area contributed by atoms with E-state index in [2.05, 4.69) is 31.1 Å². The smallest absolute Gasteiger partial charge is 0.251 e. The van der Waals surface area contributed by atoms with Gasteiger partial charge in [0.15, 0.2) is 11.5 Å². The number of rotatable bonds is 4. The Morgan fingerprint density at radius 3 is 2.83 bits per heavy atom. The van der Waals surface area contributed by atoms with Crippen molar-refractivity contribution in [2.24, 2.45) is 5.41 Å². The van der Waals surface area contributed by atoms with Crippen LogP contribution in [0.4, 0.5) is 0 Å². The van der Waals surface area contributed by atoms with E-state index in [1.807, 2.05) is 10.8 Å². The van der Waals surface area contributed by atoms with Crippen LogP contribution in [-0.2, 0) is 6.54 Å². The van der Waals surface area contributed by atoms with Gasteiger partial charge in [0.05, 0.1) is 12.4 Å². The van der Waals surface area contributed by atoms with Gasteiger partial charge >= 0.3 is 0 Å². The molecular weight excluding hydrogens is 294 g/mol. The number of carbonyl (C=O) groups is 1. The standard InChI is InChI=1S/C17H21N3O3/c1-17(2,3)15(9-20-7-6-18-10-20)19-16(21)12-4-5-13-14(8-12)23-11-22-13/h4-8,10,15H,9,11H2,1-3H3,(H,19,21)/t15-/m1/s1. The Morgan fingerprint density at radius 2 is 2.13 bits per heavy atom. The van der Waals surface area contributed by atoms with Gasteiger partial charge in [0, 0.05) is 24.5 Å². The highest BCUT2D eigenvalue weighted by Gasteiger charge is 2.27. The molecule has 6 heteroatoms. The van der Waals surface area contributed by atoms with Crippen molar-refractivity contribution in [3.63, 3.8) is 0 Å². The van der Waals surface area contributed by atoms with E-state index in [-0.39, 0.29) is 24.2 Å². The topological polar surface area (TPSA) is 65.4 Å². The summed E-state index contributed by atoms with van der Waals surface area (Å²) >= 11 is 0. The molecule has 1 aliphatic rings. The van der Waals surface area contributed by atoms with Crippen LogP contribution in [-0.4, -0.2) is 28.3 Å². The number of nitrogens with one attached hydrogen (secondary N) is 1. The molecule has 0 radical (unpaired) electrons. The van der Waals surface area contributed by atoms with Crippen molar-refractivity contribution in [3.05, 3.63) is 42.5 Å². The summed E-state index contributed by atoms with van der Waals surface area (Å²) in [5.41, 5.74) is 0.477. The summed E-state index contributed by atoms with van der Waals surface area (Å²) in [7, 11) is 0. The number of aromatic nitrogens is 2. The minimum atomic E-state index is -0.122. The molecular formula is C17H21N3O3. The molecule has 3 rings (SSSR count). The van der Waals surface area contributed by atoms with E-state index in [1.165, 1.54) is 0 Å². The summed E-state index contributed by atoms with van der Waals surface area (Å²) in [4.78, 5) is 16.7. The minimum absolute atomic E-state index is 0.0328. The van der Waals surface area contributed by atoms with Crippen molar-refractivity contribution in [2.75, 3.05) is 6.79 Å². The van der Waals surface area contributed by atoms with Gasteiger partial charge < -0.3 is 19.4 Å². The second kappa shape index (κ2) is 5.95. The third-order valence-corrected chi connectivity index (χ3v) is 3.94. The fourth-order valence-corrected chi connectivity index (χ4v) is 2.42. The Kier molecular flexibility index (Phi) is 3.98. The number of hydrogen-bond acceptors (Lipinski definition) is 4. The van der Waals surface area contributed by atoms with Gasteiger partial charge in [-0.2, -0.15) is 0 Å². The van der Waals surface area contributed by atoms with Crippen LogP contribution in [0.3, 0.4) is 0 Å². The molecule has 0 bridgehead atoms. The maximum Gasteiger partial charge on any atom is 0.251 e. The number of fused-ring (bicyclic) bond motifs is 1. The van der Waals surface area contributed by atoms with Crippen LogP contribution in [0.5, 0.6) is 11.5 Å². The van der Waals surface area contributed by atoms with Gasteiger partial charge in [0.1, 0.15) is 0 Å². The van der Waals surface area contributed by atoms with Crippen molar-refractivity contribution in [1.82, 2.24) is 14.9 Å². The number of hydrogen-bond donors (Lipinski definition) is 1. The van der Waals surface area contributed by atoms with Gasteiger partial charge in [-0.3, -0.25) is 4.79 Å². The van der Waals surface area contributed by atoms with Crippen LogP contribution in [0.2, 0.25) is 0 Å². The average Bonchev–Trinajstić information content (AvgIpc) is 3.15. The largest absolute Gasteiger partial charge is 0.454 e. The highest BCUT2D eigenvalue weighted by Crippen LogP contribution is 2.32. The van der Waals surface area contributed by atoms with Crippen LogP contribution in [0.1, 0.15) is 31.1 Å². The Bertz CT molecular complexity index is 690. The van der Waals surface area contributed by atoms with Crippen molar-refractivity contribution >= 4 is 5.91 Å². The molecule has 2 aromatic rings. The Hall–Kier alpha value is -2.50. The molecule has 1 aliphatic heterocycles. The SMILES string of the molecule is CC(C)(C)[C@@H](Cn1ccnc1)NC(=O)c1ccc2c(c1)OCO2. The third-order valence-electron chi connectivity index (χ3n) is 3.94. The fourth-order valence-electron chi connectivity index (χ4n) is 2.42. The first kappa shape index (κ1) is 15.4. The van der Waals surface area contributed by atoms with E-state index in [0.29, 0.717) is 23.6 Å². The summed E-state index contributed by atoms with van der Waals surface area (Å²) in [6, 6.07) is 5.20. The predicted molar refractivity (Wildman–Crippen MR) is 85.5 cm³/mol. The minimum Gasteiger partial charge on any atom is -0.454 e. The number of ether oxygens (including phenoxy) is 2. The van der Waals surface area contributed by atoms with Gasteiger partial charge in [-0.05, 0) is 23.6 Å². The van der Waals surface area contributed by atoms with Crippen molar-refractivity contribution in [1.29, 1.82) is 0 Å². The van der Waals surface area contributed by atoms with E-state index >= 15 is 0 Å². The molecule has 1 N–H and O–H groups in total. The van der Waals surface area contributed by atoms with Crippen LogP contribution < -0.4 is 14.8 Å². The van der Waals surface area contributed by atoms with E-state index in [1.54, 1.807) is 30.7 Å². The maximum absolute atomic E-state index is 12.6. The summed E-state index contributed by atoms with van der Waals surface area (Å²) in [5.74, 6) is 1.16. The molecule has 0 aliphatic carbocycles. The van der Waals surface area contributed by atoms with Gasteiger partial charge in [0.2, 0.25) is 6.79 Å². The zero-order valence-corrected chi connectivity index (χ0v) is 13.6. The highest BCUT2D eigenvalue weighted by molar-refractivity contribution is 5.95. The molecule has 1 aromatic heterocycles. The maximum atomic E-state index is 12.6. The zero-order valence-electron chi connectivity index (χ0n) is 13.6. The lowest BCUT2D eigenvalue weighted by Crippen LogP contribution is -2.46. The Morgan fingerprint density at radius 1 is 1.35 bits per heavy atom. The first-order valence-electron chi connectivity index (χ1n) is 7.60. The van der Waals surface area contributed by atoms with Crippen molar-refractivity contribution < 1.29 is 14.3 Å². The lowest BCUT2D eigenvalue weighted by molar-refractivity contribution is 0.0892. The predicted octanol–water partition coefficient (Wildman–Crippen LogP) is 2.46. The molecule has 122 valence electrons. The van der Waals surface area contributed by atoms with Gasteiger partial charge in [-0.1, -0.05) is 20.8 Å². The normalized spacial score (nSPS) is 14.6. The number of imidazole rings is 1. The van der Waals surface area contributed by atoms with Crippen LogP contribution in [0, 0.1) is 5.41 Å². The van der Waals surface area contributed by atoms with Crippen molar-refractivity contribution in [3.8, 4) is 11.5 Å². The number of amides is 1. The Labute approximate surface area is 135 Å². The molecule has 23 heavy (non-hydrogen) atoms. The fraction of sp³-hybridized carbons (Fsp3) is 0.412. The molecule has 6 nitrogen and oxygen atoms in total. The van der Waals surface area contributed by atoms with E-state index in [4.69, 9.17) is 9.47 Å². The summed E-state index contributed by atoms with van der Waals surface area (Å²) < 4.78 is 12.6. The lowest BCUT2D eigenvalue weighted by atomic mass is 9.86. The quantitative estimate of drug-likeness (QED) is 0.941. The Balaban J connectivity index is 1.75. The molecule has 1 aromatic carbocycles. The third kappa shape index (κ3) is 3.47. The first-order valence-corrected chi connectivity index (χ1v) is 7.60. The summed E-state index contributed by atoms with van der Waals surface area (Å²) in [5, 5.41) is 3.12. The molecule has 1 amide bonds. The van der Waals surface area contributed by atoms with Crippen LogP contribution >= 0.6 is 0 Å². The van der Waals surface area contributed by atoms with Gasteiger partial charge in [0.25, 0.3) is 5.91 Å². The molecule has 2 heterocycles. The molecule has 0 unspecified atom stereocenters. The van der Waals surface area contributed by atoms with Gasteiger partial charge in [-0.15, -0.1) is 0 Å². The van der Waals surface area contributed by atoms with Crippen LogP contribution in [0.25, 0.3) is 0 Å². The second-order valence-corrected chi connectivity index (χ2v) is 6.72. The first-order chi connectivity index (χ1) is 10.9.